The summed E-state index contributed by atoms with van der Waals surface area (Å²) in [5.41, 5.74) is 3.90. The van der Waals surface area contributed by atoms with E-state index in [-0.39, 0.29) is 11.9 Å². The Morgan fingerprint density at radius 2 is 2.00 bits per heavy atom. The number of aromatic nitrogens is 2. The standard InChI is InChI=1S/C16H22FN3/c1-5-6-18-16(15-9-12(3)19-20(15)4)13-7-11(2)8-14(17)10-13/h7-10,16,18H,5-6H2,1-4H3. The van der Waals surface area contributed by atoms with E-state index in [0.29, 0.717) is 0 Å². The van der Waals surface area contributed by atoms with Crippen LogP contribution in [0.4, 0.5) is 4.39 Å². The molecule has 0 aliphatic heterocycles. The average molecular weight is 275 g/mol. The number of nitrogens with zero attached hydrogens (tertiary/aromatic N) is 2. The Morgan fingerprint density at radius 3 is 2.55 bits per heavy atom. The molecule has 0 bridgehead atoms. The lowest BCUT2D eigenvalue weighted by Gasteiger charge is -2.20. The topological polar surface area (TPSA) is 29.9 Å². The minimum Gasteiger partial charge on any atom is -0.305 e. The Hall–Kier alpha value is -1.68. The summed E-state index contributed by atoms with van der Waals surface area (Å²) in [6, 6.07) is 7.19. The Labute approximate surface area is 119 Å². The van der Waals surface area contributed by atoms with E-state index in [1.54, 1.807) is 12.1 Å². The van der Waals surface area contributed by atoms with Crippen molar-refractivity contribution in [1.29, 1.82) is 0 Å². The van der Waals surface area contributed by atoms with Gasteiger partial charge in [-0.3, -0.25) is 4.68 Å². The zero-order valence-corrected chi connectivity index (χ0v) is 12.6. The van der Waals surface area contributed by atoms with Gasteiger partial charge in [0.05, 0.1) is 17.4 Å². The fourth-order valence-corrected chi connectivity index (χ4v) is 2.51. The smallest absolute Gasteiger partial charge is 0.123 e. The molecule has 4 heteroatoms. The van der Waals surface area contributed by atoms with Gasteiger partial charge in [0.1, 0.15) is 5.82 Å². The maximum atomic E-state index is 13.7. The molecule has 0 fully saturated rings. The summed E-state index contributed by atoms with van der Waals surface area (Å²) in [4.78, 5) is 0. The van der Waals surface area contributed by atoms with Gasteiger partial charge in [0.15, 0.2) is 0 Å². The van der Waals surface area contributed by atoms with Crippen molar-refractivity contribution in [3.63, 3.8) is 0 Å². The molecule has 1 unspecified atom stereocenters. The Morgan fingerprint density at radius 1 is 1.25 bits per heavy atom. The van der Waals surface area contributed by atoms with Crippen molar-refractivity contribution in [1.82, 2.24) is 15.1 Å². The molecule has 2 rings (SSSR count). The first-order valence-corrected chi connectivity index (χ1v) is 7.02. The van der Waals surface area contributed by atoms with Crippen molar-refractivity contribution in [2.75, 3.05) is 6.54 Å². The van der Waals surface area contributed by atoms with Crippen LogP contribution in [0.5, 0.6) is 0 Å². The fourth-order valence-electron chi connectivity index (χ4n) is 2.51. The molecule has 1 atom stereocenters. The molecular weight excluding hydrogens is 253 g/mol. The minimum absolute atomic E-state index is 0.0319. The second kappa shape index (κ2) is 6.18. The summed E-state index contributed by atoms with van der Waals surface area (Å²) in [5.74, 6) is -0.192. The Kier molecular flexibility index (Phi) is 4.55. The third-order valence-corrected chi connectivity index (χ3v) is 3.33. The summed E-state index contributed by atoms with van der Waals surface area (Å²) in [5, 5.41) is 7.88. The van der Waals surface area contributed by atoms with E-state index in [1.807, 2.05) is 37.7 Å². The van der Waals surface area contributed by atoms with Crippen molar-refractivity contribution < 1.29 is 4.39 Å². The number of hydrogen-bond donors (Lipinski definition) is 1. The summed E-state index contributed by atoms with van der Waals surface area (Å²) in [6.45, 7) is 6.88. The molecule has 1 N–H and O–H groups in total. The van der Waals surface area contributed by atoms with Gasteiger partial charge in [-0.2, -0.15) is 5.10 Å². The van der Waals surface area contributed by atoms with Crippen LogP contribution in [0.25, 0.3) is 0 Å². The van der Waals surface area contributed by atoms with Crippen LogP contribution in [0.3, 0.4) is 0 Å². The highest BCUT2D eigenvalue weighted by molar-refractivity contribution is 5.32. The highest BCUT2D eigenvalue weighted by atomic mass is 19.1. The van der Waals surface area contributed by atoms with E-state index in [2.05, 4.69) is 17.3 Å². The molecule has 0 radical (unpaired) electrons. The van der Waals surface area contributed by atoms with E-state index in [4.69, 9.17) is 0 Å². The molecule has 2 aromatic rings. The van der Waals surface area contributed by atoms with Crippen molar-refractivity contribution in [2.45, 2.75) is 33.2 Å². The Balaban J connectivity index is 2.43. The predicted octanol–water partition coefficient (Wildman–Crippen LogP) is 3.27. The zero-order valence-electron chi connectivity index (χ0n) is 12.6. The third-order valence-electron chi connectivity index (χ3n) is 3.33. The molecule has 0 aliphatic carbocycles. The van der Waals surface area contributed by atoms with E-state index in [1.165, 1.54) is 0 Å². The lowest BCUT2D eigenvalue weighted by molar-refractivity contribution is 0.547. The summed E-state index contributed by atoms with van der Waals surface area (Å²) >= 11 is 0. The lowest BCUT2D eigenvalue weighted by Crippen LogP contribution is -2.25. The molecule has 0 aliphatic rings. The third kappa shape index (κ3) is 3.25. The van der Waals surface area contributed by atoms with Crippen LogP contribution in [-0.4, -0.2) is 16.3 Å². The first-order valence-electron chi connectivity index (χ1n) is 7.02. The summed E-state index contributed by atoms with van der Waals surface area (Å²) in [7, 11) is 1.93. The molecule has 1 aromatic carbocycles. The molecule has 1 heterocycles. The molecule has 20 heavy (non-hydrogen) atoms. The average Bonchev–Trinajstić information content (AvgIpc) is 2.68. The first kappa shape index (κ1) is 14.7. The van der Waals surface area contributed by atoms with Gasteiger partial charge in [-0.25, -0.2) is 4.39 Å². The lowest BCUT2D eigenvalue weighted by atomic mass is 10.0. The van der Waals surface area contributed by atoms with Gasteiger partial charge in [0.25, 0.3) is 0 Å². The number of hydrogen-bond acceptors (Lipinski definition) is 2. The predicted molar refractivity (Wildman–Crippen MR) is 79.2 cm³/mol. The molecular formula is C16H22FN3. The van der Waals surface area contributed by atoms with Crippen LogP contribution in [0.1, 0.15) is 41.9 Å². The molecule has 1 aromatic heterocycles. The van der Waals surface area contributed by atoms with Gasteiger partial charge >= 0.3 is 0 Å². The van der Waals surface area contributed by atoms with Gasteiger partial charge in [-0.15, -0.1) is 0 Å². The van der Waals surface area contributed by atoms with Gasteiger partial charge < -0.3 is 5.32 Å². The summed E-state index contributed by atoms with van der Waals surface area (Å²) in [6.07, 6.45) is 1.03. The van der Waals surface area contributed by atoms with Crippen LogP contribution in [0.2, 0.25) is 0 Å². The number of halogens is 1. The number of aryl methyl sites for hydroxylation is 3. The Bertz CT molecular complexity index is 569. The van der Waals surface area contributed by atoms with Crippen molar-refractivity contribution >= 4 is 0 Å². The van der Waals surface area contributed by atoms with Crippen LogP contribution in [-0.2, 0) is 7.05 Å². The van der Waals surface area contributed by atoms with Crippen LogP contribution in [0.15, 0.2) is 24.3 Å². The minimum atomic E-state index is -0.192. The van der Waals surface area contributed by atoms with E-state index >= 15 is 0 Å². The van der Waals surface area contributed by atoms with Crippen molar-refractivity contribution in [3.05, 3.63) is 52.6 Å². The molecule has 0 saturated carbocycles. The van der Waals surface area contributed by atoms with Gasteiger partial charge in [0.2, 0.25) is 0 Å². The van der Waals surface area contributed by atoms with Crippen LogP contribution in [0, 0.1) is 19.7 Å². The quantitative estimate of drug-likeness (QED) is 0.907. The van der Waals surface area contributed by atoms with Crippen LogP contribution >= 0.6 is 0 Å². The van der Waals surface area contributed by atoms with Gasteiger partial charge in [0, 0.05) is 7.05 Å². The monoisotopic (exact) mass is 275 g/mol. The van der Waals surface area contributed by atoms with E-state index < -0.39 is 0 Å². The highest BCUT2D eigenvalue weighted by Crippen LogP contribution is 2.24. The highest BCUT2D eigenvalue weighted by Gasteiger charge is 2.18. The van der Waals surface area contributed by atoms with Gasteiger partial charge in [-0.1, -0.05) is 13.0 Å². The maximum absolute atomic E-state index is 13.7. The number of benzene rings is 1. The van der Waals surface area contributed by atoms with Crippen molar-refractivity contribution in [2.24, 2.45) is 7.05 Å². The van der Waals surface area contributed by atoms with E-state index in [0.717, 1.165) is 35.5 Å². The molecule has 0 amide bonds. The van der Waals surface area contributed by atoms with Crippen molar-refractivity contribution in [3.8, 4) is 0 Å². The molecule has 0 spiro atoms. The molecule has 0 saturated heterocycles. The number of nitrogens with one attached hydrogen (secondary N) is 1. The second-order valence-corrected chi connectivity index (χ2v) is 5.28. The summed E-state index contributed by atoms with van der Waals surface area (Å²) < 4.78 is 15.5. The first-order chi connectivity index (χ1) is 9.51. The fraction of sp³-hybridized carbons (Fsp3) is 0.438. The van der Waals surface area contributed by atoms with Crippen LogP contribution < -0.4 is 5.32 Å². The van der Waals surface area contributed by atoms with E-state index in [9.17, 15) is 4.39 Å². The molecule has 108 valence electrons. The molecule has 3 nitrogen and oxygen atoms in total. The maximum Gasteiger partial charge on any atom is 0.123 e. The second-order valence-electron chi connectivity index (χ2n) is 5.28. The zero-order chi connectivity index (χ0) is 14.7. The largest absolute Gasteiger partial charge is 0.305 e. The van der Waals surface area contributed by atoms with Gasteiger partial charge in [-0.05, 0) is 56.1 Å². The normalized spacial score (nSPS) is 12.7. The number of rotatable bonds is 5. The SMILES string of the molecule is CCCNC(c1cc(C)cc(F)c1)c1cc(C)nn1C.